The zero-order valence-electron chi connectivity index (χ0n) is 15.3. The van der Waals surface area contributed by atoms with Crippen molar-refractivity contribution in [2.75, 3.05) is 26.8 Å². The predicted molar refractivity (Wildman–Crippen MR) is 93.6 cm³/mol. The van der Waals surface area contributed by atoms with Crippen molar-refractivity contribution in [2.45, 2.75) is 69.0 Å². The molecule has 9 heteroatoms. The minimum Gasteiger partial charge on any atom is -0.388 e. The van der Waals surface area contributed by atoms with E-state index in [1.807, 2.05) is 0 Å². The molecule has 0 aromatic heterocycles. The van der Waals surface area contributed by atoms with Crippen LogP contribution in [0.1, 0.15) is 38.5 Å². The SMILES string of the molecule is COCCNC(=O)C[C@@H]1O[C@H](CNC(=O)NC2CCCCC2)[C@@H](O)[C@H]1O. The molecule has 150 valence electrons. The first kappa shape index (κ1) is 20.9. The molecule has 26 heavy (non-hydrogen) atoms. The van der Waals surface area contributed by atoms with Crippen molar-refractivity contribution >= 4 is 11.9 Å². The van der Waals surface area contributed by atoms with E-state index in [4.69, 9.17) is 9.47 Å². The van der Waals surface area contributed by atoms with Gasteiger partial charge >= 0.3 is 6.03 Å². The van der Waals surface area contributed by atoms with E-state index in [-0.39, 0.29) is 30.9 Å². The highest BCUT2D eigenvalue weighted by atomic mass is 16.5. The Morgan fingerprint density at radius 3 is 2.46 bits per heavy atom. The minimum atomic E-state index is -1.17. The zero-order valence-corrected chi connectivity index (χ0v) is 15.3. The summed E-state index contributed by atoms with van der Waals surface area (Å²) < 4.78 is 10.4. The van der Waals surface area contributed by atoms with Crippen LogP contribution in [-0.4, -0.2) is 79.4 Å². The van der Waals surface area contributed by atoms with Crippen LogP contribution in [0.2, 0.25) is 0 Å². The van der Waals surface area contributed by atoms with Gasteiger partial charge < -0.3 is 35.6 Å². The second kappa shape index (κ2) is 10.7. The molecule has 1 aliphatic carbocycles. The van der Waals surface area contributed by atoms with Gasteiger partial charge in [-0.25, -0.2) is 4.79 Å². The largest absolute Gasteiger partial charge is 0.388 e. The standard InChI is InChI=1S/C17H31N3O6/c1-25-8-7-18-14(21)9-12-15(22)16(23)13(26-12)10-19-17(24)20-11-5-3-2-4-6-11/h11-13,15-16,22-23H,2-10H2,1H3,(H,18,21)(H2,19,20,24)/t12-,13+,15-,16+/m0/s1. The van der Waals surface area contributed by atoms with Gasteiger partial charge in [-0.1, -0.05) is 19.3 Å². The Balaban J connectivity index is 1.70. The van der Waals surface area contributed by atoms with Gasteiger partial charge in [0.15, 0.2) is 0 Å². The molecule has 1 aliphatic heterocycles. The molecule has 1 heterocycles. The summed E-state index contributed by atoms with van der Waals surface area (Å²) in [6.07, 6.45) is 1.47. The molecule has 3 amide bonds. The first-order chi connectivity index (χ1) is 12.5. The lowest BCUT2D eigenvalue weighted by Gasteiger charge is -2.23. The number of amides is 3. The summed E-state index contributed by atoms with van der Waals surface area (Å²) in [5.41, 5.74) is 0. The summed E-state index contributed by atoms with van der Waals surface area (Å²) >= 11 is 0. The van der Waals surface area contributed by atoms with Gasteiger partial charge in [0.2, 0.25) is 5.91 Å². The first-order valence-corrected chi connectivity index (χ1v) is 9.33. The molecule has 0 aromatic carbocycles. The van der Waals surface area contributed by atoms with Crippen LogP contribution in [0, 0.1) is 0 Å². The average molecular weight is 373 g/mol. The Morgan fingerprint density at radius 2 is 1.77 bits per heavy atom. The number of methoxy groups -OCH3 is 1. The van der Waals surface area contributed by atoms with E-state index < -0.39 is 24.4 Å². The van der Waals surface area contributed by atoms with Crippen molar-refractivity contribution in [3.8, 4) is 0 Å². The Labute approximate surface area is 153 Å². The lowest BCUT2D eigenvalue weighted by Crippen LogP contribution is -2.47. The molecule has 2 fully saturated rings. The topological polar surface area (TPSA) is 129 Å². The summed E-state index contributed by atoms with van der Waals surface area (Å²) in [6, 6.07) is -0.116. The van der Waals surface area contributed by atoms with E-state index in [0.717, 1.165) is 25.7 Å². The monoisotopic (exact) mass is 373 g/mol. The number of urea groups is 1. The summed E-state index contributed by atoms with van der Waals surface area (Å²) in [5.74, 6) is -0.290. The number of rotatable bonds is 8. The molecule has 0 bridgehead atoms. The van der Waals surface area contributed by atoms with Crippen LogP contribution in [0.5, 0.6) is 0 Å². The number of carbonyl (C=O) groups is 2. The molecule has 1 saturated carbocycles. The number of hydrogen-bond acceptors (Lipinski definition) is 6. The van der Waals surface area contributed by atoms with Gasteiger partial charge in [-0.15, -0.1) is 0 Å². The van der Waals surface area contributed by atoms with Crippen molar-refractivity contribution in [3.63, 3.8) is 0 Å². The van der Waals surface area contributed by atoms with Gasteiger partial charge in [0.05, 0.1) is 19.1 Å². The molecular formula is C17H31N3O6. The molecule has 1 saturated heterocycles. The number of hydrogen-bond donors (Lipinski definition) is 5. The van der Waals surface area contributed by atoms with Crippen LogP contribution in [0.15, 0.2) is 0 Å². The minimum absolute atomic E-state index is 0.0628. The maximum Gasteiger partial charge on any atom is 0.315 e. The second-order valence-corrected chi connectivity index (χ2v) is 6.93. The fourth-order valence-electron chi connectivity index (χ4n) is 3.39. The van der Waals surface area contributed by atoms with E-state index in [9.17, 15) is 19.8 Å². The second-order valence-electron chi connectivity index (χ2n) is 6.93. The molecule has 4 atom stereocenters. The number of aliphatic hydroxyl groups excluding tert-OH is 2. The van der Waals surface area contributed by atoms with E-state index in [1.54, 1.807) is 0 Å². The number of nitrogens with one attached hydrogen (secondary N) is 3. The quantitative estimate of drug-likeness (QED) is 0.357. The van der Waals surface area contributed by atoms with Crippen LogP contribution in [0.25, 0.3) is 0 Å². The molecule has 0 spiro atoms. The third-order valence-corrected chi connectivity index (χ3v) is 4.88. The Bertz CT molecular complexity index is 458. The van der Waals surface area contributed by atoms with Crippen molar-refractivity contribution in [1.82, 2.24) is 16.0 Å². The Hall–Kier alpha value is -1.42. The van der Waals surface area contributed by atoms with Crippen molar-refractivity contribution in [3.05, 3.63) is 0 Å². The highest BCUT2D eigenvalue weighted by Gasteiger charge is 2.43. The van der Waals surface area contributed by atoms with E-state index in [0.29, 0.717) is 13.2 Å². The van der Waals surface area contributed by atoms with Crippen LogP contribution >= 0.6 is 0 Å². The third kappa shape index (κ3) is 6.39. The summed E-state index contributed by atoms with van der Waals surface area (Å²) in [4.78, 5) is 23.8. The maximum atomic E-state index is 12.0. The van der Waals surface area contributed by atoms with Gasteiger partial charge in [0.25, 0.3) is 0 Å². The zero-order chi connectivity index (χ0) is 18.9. The Morgan fingerprint density at radius 1 is 1.08 bits per heavy atom. The van der Waals surface area contributed by atoms with Crippen LogP contribution in [-0.2, 0) is 14.3 Å². The van der Waals surface area contributed by atoms with Gasteiger partial charge in [-0.2, -0.15) is 0 Å². The molecule has 0 unspecified atom stereocenters. The fourth-order valence-corrected chi connectivity index (χ4v) is 3.39. The van der Waals surface area contributed by atoms with E-state index in [2.05, 4.69) is 16.0 Å². The molecule has 9 nitrogen and oxygen atoms in total. The first-order valence-electron chi connectivity index (χ1n) is 9.33. The molecular weight excluding hydrogens is 342 g/mol. The van der Waals surface area contributed by atoms with Gasteiger partial charge in [-0.3, -0.25) is 4.79 Å². The number of ether oxygens (including phenoxy) is 2. The third-order valence-electron chi connectivity index (χ3n) is 4.88. The normalized spacial score (nSPS) is 29.3. The maximum absolute atomic E-state index is 12.0. The Kier molecular flexibility index (Phi) is 8.56. The van der Waals surface area contributed by atoms with Crippen molar-refractivity contribution in [2.24, 2.45) is 0 Å². The fraction of sp³-hybridized carbons (Fsp3) is 0.882. The number of carbonyl (C=O) groups excluding carboxylic acids is 2. The van der Waals surface area contributed by atoms with Crippen LogP contribution in [0.3, 0.4) is 0 Å². The molecule has 0 aromatic rings. The van der Waals surface area contributed by atoms with Gasteiger partial charge in [0.1, 0.15) is 18.3 Å². The highest BCUT2D eigenvalue weighted by molar-refractivity contribution is 5.76. The van der Waals surface area contributed by atoms with Crippen LogP contribution < -0.4 is 16.0 Å². The number of aliphatic hydroxyl groups is 2. The summed E-state index contributed by atoms with van der Waals surface area (Å²) in [5, 5.41) is 28.4. The van der Waals surface area contributed by atoms with Gasteiger partial charge in [-0.05, 0) is 12.8 Å². The van der Waals surface area contributed by atoms with Crippen LogP contribution in [0.4, 0.5) is 4.79 Å². The lowest BCUT2D eigenvalue weighted by molar-refractivity contribution is -0.125. The molecule has 0 radical (unpaired) electrons. The molecule has 2 rings (SSSR count). The average Bonchev–Trinajstić information content (AvgIpc) is 2.89. The smallest absolute Gasteiger partial charge is 0.315 e. The molecule has 2 aliphatic rings. The van der Waals surface area contributed by atoms with E-state index in [1.165, 1.54) is 13.5 Å². The van der Waals surface area contributed by atoms with Gasteiger partial charge in [0, 0.05) is 26.2 Å². The van der Waals surface area contributed by atoms with E-state index >= 15 is 0 Å². The molecule has 5 N–H and O–H groups in total. The summed E-state index contributed by atoms with van der Waals surface area (Å²) in [7, 11) is 1.54. The lowest BCUT2D eigenvalue weighted by atomic mass is 9.96. The predicted octanol–water partition coefficient (Wildman–Crippen LogP) is -0.740. The summed E-state index contributed by atoms with van der Waals surface area (Å²) in [6.45, 7) is 0.830. The highest BCUT2D eigenvalue weighted by Crippen LogP contribution is 2.23. The van der Waals surface area contributed by atoms with Crippen molar-refractivity contribution < 1.29 is 29.3 Å². The van der Waals surface area contributed by atoms with Crippen molar-refractivity contribution in [1.29, 1.82) is 0 Å².